The number of carbonyl (C=O) groups is 2. The summed E-state index contributed by atoms with van der Waals surface area (Å²) in [5, 5.41) is 0. The van der Waals surface area contributed by atoms with Crippen LogP contribution in [-0.2, 0) is 27.4 Å². The Morgan fingerprint density at radius 3 is 2.10 bits per heavy atom. The molecule has 3 aromatic carbocycles. The van der Waals surface area contributed by atoms with Crippen LogP contribution < -0.4 is 4.74 Å². The monoisotopic (exact) mass is 551 g/mol. The fourth-order valence-corrected chi connectivity index (χ4v) is 4.23. The minimum atomic E-state index is -0.439. The molecule has 0 atom stereocenters. The number of esters is 1. The summed E-state index contributed by atoms with van der Waals surface area (Å²) in [5.74, 6) is 6.62. The van der Waals surface area contributed by atoms with Crippen LogP contribution in [0.2, 0.25) is 0 Å². The molecule has 0 aliphatic heterocycles. The van der Waals surface area contributed by atoms with Crippen LogP contribution >= 0.6 is 0 Å². The molecule has 0 aromatic heterocycles. The zero-order valence-corrected chi connectivity index (χ0v) is 24.3. The SMILES string of the molecule is CCCCCCCCC#Cc1ccc(CN(Cc2ccc(OCC(=O)OC)cc2)C(=O)C=Cc2ccccc2)cc1. The second-order valence-corrected chi connectivity index (χ2v) is 9.96. The van der Waals surface area contributed by atoms with Crippen molar-refractivity contribution >= 4 is 18.0 Å². The van der Waals surface area contributed by atoms with E-state index in [0.717, 1.165) is 35.1 Å². The molecule has 0 heterocycles. The van der Waals surface area contributed by atoms with Gasteiger partial charge in [-0.1, -0.05) is 105 Å². The maximum atomic E-state index is 13.3. The molecule has 5 nitrogen and oxygen atoms in total. The molecule has 3 rings (SSSR count). The lowest BCUT2D eigenvalue weighted by Gasteiger charge is -2.22. The molecule has 5 heteroatoms. The number of benzene rings is 3. The van der Waals surface area contributed by atoms with Gasteiger partial charge in [0.15, 0.2) is 6.61 Å². The van der Waals surface area contributed by atoms with Crippen molar-refractivity contribution in [3.8, 4) is 17.6 Å². The molecule has 0 saturated heterocycles. The molecular formula is C36H41NO4. The number of hydrogen-bond donors (Lipinski definition) is 0. The van der Waals surface area contributed by atoms with Crippen LogP contribution in [0.4, 0.5) is 0 Å². The molecule has 3 aromatic rings. The first-order valence-corrected chi connectivity index (χ1v) is 14.5. The van der Waals surface area contributed by atoms with Crippen LogP contribution in [0, 0.1) is 11.8 Å². The highest BCUT2D eigenvalue weighted by Crippen LogP contribution is 2.17. The number of ether oxygens (including phenoxy) is 2. The molecule has 41 heavy (non-hydrogen) atoms. The summed E-state index contributed by atoms with van der Waals surface area (Å²) in [6, 6.07) is 25.3. The topological polar surface area (TPSA) is 55.8 Å². The molecule has 0 N–H and O–H groups in total. The Balaban J connectivity index is 1.63. The molecule has 0 unspecified atom stereocenters. The summed E-state index contributed by atoms with van der Waals surface area (Å²) in [4.78, 5) is 26.4. The van der Waals surface area contributed by atoms with E-state index in [2.05, 4.69) is 23.5 Å². The maximum Gasteiger partial charge on any atom is 0.343 e. The molecular weight excluding hydrogens is 510 g/mol. The minimum Gasteiger partial charge on any atom is -0.482 e. The van der Waals surface area contributed by atoms with E-state index in [0.29, 0.717) is 18.8 Å². The average molecular weight is 552 g/mol. The van der Waals surface area contributed by atoms with E-state index in [1.54, 1.807) is 18.2 Å². The van der Waals surface area contributed by atoms with Gasteiger partial charge in [0.2, 0.25) is 5.91 Å². The Morgan fingerprint density at radius 2 is 1.44 bits per heavy atom. The first-order chi connectivity index (χ1) is 20.1. The fourth-order valence-electron chi connectivity index (χ4n) is 4.23. The molecule has 1 amide bonds. The van der Waals surface area contributed by atoms with Gasteiger partial charge >= 0.3 is 5.97 Å². The Kier molecular flexibility index (Phi) is 13.8. The second-order valence-electron chi connectivity index (χ2n) is 9.96. The quantitative estimate of drug-likeness (QED) is 0.0845. The predicted molar refractivity (Wildman–Crippen MR) is 165 cm³/mol. The Morgan fingerprint density at radius 1 is 0.805 bits per heavy atom. The third kappa shape index (κ3) is 12.2. The van der Waals surface area contributed by atoms with Crippen LogP contribution in [0.1, 0.15) is 74.1 Å². The van der Waals surface area contributed by atoms with Gasteiger partial charge in [0.1, 0.15) is 5.75 Å². The van der Waals surface area contributed by atoms with Crippen molar-refractivity contribution in [1.29, 1.82) is 0 Å². The summed E-state index contributed by atoms with van der Waals surface area (Å²) in [7, 11) is 1.32. The number of amides is 1. The van der Waals surface area contributed by atoms with Crippen LogP contribution in [-0.4, -0.2) is 30.5 Å². The molecule has 0 spiro atoms. The molecule has 0 saturated carbocycles. The normalized spacial score (nSPS) is 10.6. The highest BCUT2D eigenvalue weighted by atomic mass is 16.6. The number of methoxy groups -OCH3 is 1. The van der Waals surface area contributed by atoms with E-state index in [-0.39, 0.29) is 12.5 Å². The summed E-state index contributed by atoms with van der Waals surface area (Å²) >= 11 is 0. The maximum absolute atomic E-state index is 13.3. The van der Waals surface area contributed by atoms with E-state index in [1.807, 2.05) is 77.7 Å². The van der Waals surface area contributed by atoms with Crippen molar-refractivity contribution in [2.45, 2.75) is 65.0 Å². The summed E-state index contributed by atoms with van der Waals surface area (Å²) in [5.41, 5.74) is 3.95. The molecule has 214 valence electrons. The lowest BCUT2D eigenvalue weighted by molar-refractivity contribution is -0.142. The van der Waals surface area contributed by atoms with Crippen molar-refractivity contribution in [1.82, 2.24) is 4.90 Å². The summed E-state index contributed by atoms with van der Waals surface area (Å²) in [6.07, 6.45) is 12.0. The lowest BCUT2D eigenvalue weighted by atomic mass is 10.1. The van der Waals surface area contributed by atoms with Gasteiger partial charge in [-0.3, -0.25) is 4.79 Å². The third-order valence-corrected chi connectivity index (χ3v) is 6.63. The standard InChI is InChI=1S/C36H41NO4/c1-3-4-5-6-7-8-9-11-16-31-17-19-32(20-18-31)27-37(35(38)26-23-30-14-12-10-13-15-30)28-33-21-24-34(25-22-33)41-29-36(39)40-2/h10,12-15,17-26H,3-9,27-29H2,1-2H3. The zero-order valence-electron chi connectivity index (χ0n) is 24.3. The summed E-state index contributed by atoms with van der Waals surface area (Å²) < 4.78 is 10.1. The van der Waals surface area contributed by atoms with Crippen LogP contribution in [0.15, 0.2) is 84.9 Å². The molecule has 0 bridgehead atoms. The lowest BCUT2D eigenvalue weighted by Crippen LogP contribution is -2.28. The number of carbonyl (C=O) groups excluding carboxylic acids is 2. The van der Waals surface area contributed by atoms with Gasteiger partial charge in [0.05, 0.1) is 7.11 Å². The van der Waals surface area contributed by atoms with E-state index < -0.39 is 5.97 Å². The van der Waals surface area contributed by atoms with Crippen molar-refractivity contribution < 1.29 is 19.1 Å². The first kappa shape index (κ1) is 31.2. The van der Waals surface area contributed by atoms with Crippen LogP contribution in [0.25, 0.3) is 6.08 Å². The average Bonchev–Trinajstić information content (AvgIpc) is 3.01. The Hall–Kier alpha value is -4.30. The molecule has 0 aliphatic carbocycles. The zero-order chi connectivity index (χ0) is 29.1. The molecule has 0 fully saturated rings. The third-order valence-electron chi connectivity index (χ3n) is 6.63. The number of unbranched alkanes of at least 4 members (excludes halogenated alkanes) is 6. The highest BCUT2D eigenvalue weighted by Gasteiger charge is 2.13. The van der Waals surface area contributed by atoms with Gasteiger partial charge in [0.25, 0.3) is 0 Å². The summed E-state index contributed by atoms with van der Waals surface area (Å²) in [6.45, 7) is 2.98. The van der Waals surface area contributed by atoms with E-state index in [4.69, 9.17) is 4.74 Å². The van der Waals surface area contributed by atoms with Crippen molar-refractivity contribution in [3.05, 3.63) is 107 Å². The van der Waals surface area contributed by atoms with Gasteiger partial charge in [0, 0.05) is 31.1 Å². The van der Waals surface area contributed by atoms with Crippen molar-refractivity contribution in [2.75, 3.05) is 13.7 Å². The van der Waals surface area contributed by atoms with Gasteiger partial charge in [-0.15, -0.1) is 0 Å². The smallest absolute Gasteiger partial charge is 0.343 e. The number of rotatable bonds is 15. The fraction of sp³-hybridized carbons (Fsp3) is 0.333. The number of nitrogens with zero attached hydrogens (tertiary/aromatic N) is 1. The Bertz CT molecular complexity index is 1290. The van der Waals surface area contributed by atoms with Gasteiger partial charge in [-0.2, -0.15) is 0 Å². The van der Waals surface area contributed by atoms with E-state index in [9.17, 15) is 9.59 Å². The van der Waals surface area contributed by atoms with E-state index in [1.165, 1.54) is 39.2 Å². The van der Waals surface area contributed by atoms with Crippen molar-refractivity contribution in [3.63, 3.8) is 0 Å². The number of hydrogen-bond acceptors (Lipinski definition) is 4. The second kappa shape index (κ2) is 18.1. The van der Waals surface area contributed by atoms with Gasteiger partial charge < -0.3 is 14.4 Å². The highest BCUT2D eigenvalue weighted by molar-refractivity contribution is 5.91. The predicted octanol–water partition coefficient (Wildman–Crippen LogP) is 7.58. The molecule has 0 aliphatic rings. The van der Waals surface area contributed by atoms with E-state index >= 15 is 0 Å². The van der Waals surface area contributed by atoms with Gasteiger partial charge in [-0.05, 0) is 53.5 Å². The van der Waals surface area contributed by atoms with Crippen LogP contribution in [0.5, 0.6) is 5.75 Å². The Labute approximate surface area is 245 Å². The first-order valence-electron chi connectivity index (χ1n) is 14.5. The molecule has 0 radical (unpaired) electrons. The largest absolute Gasteiger partial charge is 0.482 e. The van der Waals surface area contributed by atoms with Crippen molar-refractivity contribution in [2.24, 2.45) is 0 Å². The van der Waals surface area contributed by atoms with Gasteiger partial charge in [-0.25, -0.2) is 4.79 Å². The minimum absolute atomic E-state index is 0.0809. The van der Waals surface area contributed by atoms with Crippen LogP contribution in [0.3, 0.4) is 0 Å².